The van der Waals surface area contributed by atoms with Gasteiger partial charge in [0, 0.05) is 24.3 Å². The molecule has 18 heavy (non-hydrogen) atoms. The lowest BCUT2D eigenvalue weighted by Gasteiger charge is -2.35. The van der Waals surface area contributed by atoms with Crippen LogP contribution in [0.2, 0.25) is 0 Å². The molecule has 0 aliphatic carbocycles. The SMILES string of the molecule is Cc1ccc(N)cc1C(=O)N1CC(C)CC(C)C1. The highest BCUT2D eigenvalue weighted by Crippen LogP contribution is 2.24. The van der Waals surface area contributed by atoms with Crippen LogP contribution in [0.5, 0.6) is 0 Å². The number of likely N-dealkylation sites (tertiary alicyclic amines) is 1. The number of benzene rings is 1. The zero-order valence-electron chi connectivity index (χ0n) is 11.4. The average molecular weight is 246 g/mol. The largest absolute Gasteiger partial charge is 0.399 e. The van der Waals surface area contributed by atoms with Gasteiger partial charge < -0.3 is 10.6 Å². The highest BCUT2D eigenvalue weighted by Gasteiger charge is 2.26. The Labute approximate surface area is 109 Å². The molecule has 0 saturated carbocycles. The molecule has 2 unspecified atom stereocenters. The molecule has 98 valence electrons. The van der Waals surface area contributed by atoms with Gasteiger partial charge in [-0.05, 0) is 42.9 Å². The van der Waals surface area contributed by atoms with Crippen LogP contribution in [0.1, 0.15) is 36.2 Å². The summed E-state index contributed by atoms with van der Waals surface area (Å²) in [5, 5.41) is 0. The summed E-state index contributed by atoms with van der Waals surface area (Å²) < 4.78 is 0. The van der Waals surface area contributed by atoms with Crippen LogP contribution in [0.3, 0.4) is 0 Å². The zero-order chi connectivity index (χ0) is 13.3. The Hall–Kier alpha value is -1.51. The van der Waals surface area contributed by atoms with E-state index < -0.39 is 0 Å². The third-order valence-electron chi connectivity index (χ3n) is 3.65. The molecule has 2 atom stereocenters. The van der Waals surface area contributed by atoms with Crippen LogP contribution in [0.15, 0.2) is 18.2 Å². The van der Waals surface area contributed by atoms with E-state index in [1.165, 1.54) is 6.42 Å². The average Bonchev–Trinajstić information content (AvgIpc) is 2.30. The molecule has 1 amide bonds. The Balaban J connectivity index is 2.22. The van der Waals surface area contributed by atoms with Crippen molar-refractivity contribution in [1.82, 2.24) is 4.90 Å². The summed E-state index contributed by atoms with van der Waals surface area (Å²) in [5.74, 6) is 1.29. The van der Waals surface area contributed by atoms with Crippen LogP contribution >= 0.6 is 0 Å². The molecule has 0 aromatic heterocycles. The molecule has 1 aliphatic rings. The fourth-order valence-electron chi connectivity index (χ4n) is 2.87. The van der Waals surface area contributed by atoms with E-state index in [1.54, 1.807) is 6.07 Å². The molecule has 3 nitrogen and oxygen atoms in total. The Kier molecular flexibility index (Phi) is 3.60. The number of nitrogens with two attached hydrogens (primary N) is 1. The van der Waals surface area contributed by atoms with Crippen molar-refractivity contribution >= 4 is 11.6 Å². The third-order valence-corrected chi connectivity index (χ3v) is 3.65. The first-order valence-corrected chi connectivity index (χ1v) is 6.62. The minimum atomic E-state index is 0.123. The van der Waals surface area contributed by atoms with Gasteiger partial charge in [0.25, 0.3) is 5.91 Å². The zero-order valence-corrected chi connectivity index (χ0v) is 11.4. The van der Waals surface area contributed by atoms with Crippen molar-refractivity contribution in [3.63, 3.8) is 0 Å². The van der Waals surface area contributed by atoms with Crippen molar-refractivity contribution in [2.24, 2.45) is 11.8 Å². The van der Waals surface area contributed by atoms with E-state index in [4.69, 9.17) is 5.73 Å². The molecular weight excluding hydrogens is 224 g/mol. The van der Waals surface area contributed by atoms with Gasteiger partial charge in [-0.15, -0.1) is 0 Å². The number of carbonyl (C=O) groups is 1. The summed E-state index contributed by atoms with van der Waals surface area (Å²) in [5.41, 5.74) is 8.18. The summed E-state index contributed by atoms with van der Waals surface area (Å²) in [6.45, 7) is 8.10. The van der Waals surface area contributed by atoms with Gasteiger partial charge >= 0.3 is 0 Å². The normalized spacial score (nSPS) is 24.1. The third kappa shape index (κ3) is 2.66. The molecule has 0 radical (unpaired) electrons. The predicted octanol–water partition coefficient (Wildman–Crippen LogP) is 2.70. The molecule has 0 bridgehead atoms. The number of amides is 1. The van der Waals surface area contributed by atoms with Gasteiger partial charge in [0.15, 0.2) is 0 Å². The summed E-state index contributed by atoms with van der Waals surface area (Å²) in [6, 6.07) is 5.55. The van der Waals surface area contributed by atoms with E-state index >= 15 is 0 Å². The van der Waals surface area contributed by atoms with Gasteiger partial charge in [-0.3, -0.25) is 4.79 Å². The second-order valence-electron chi connectivity index (χ2n) is 5.73. The monoisotopic (exact) mass is 246 g/mol. The number of piperidine rings is 1. The summed E-state index contributed by atoms with van der Waals surface area (Å²) in [7, 11) is 0. The Morgan fingerprint density at radius 2 is 1.89 bits per heavy atom. The van der Waals surface area contributed by atoms with E-state index in [-0.39, 0.29) is 5.91 Å². The molecule has 1 saturated heterocycles. The first kappa shape index (κ1) is 12.9. The summed E-state index contributed by atoms with van der Waals surface area (Å²) in [4.78, 5) is 14.5. The highest BCUT2D eigenvalue weighted by molar-refractivity contribution is 5.96. The summed E-state index contributed by atoms with van der Waals surface area (Å²) in [6.07, 6.45) is 1.21. The fraction of sp³-hybridized carbons (Fsp3) is 0.533. The summed E-state index contributed by atoms with van der Waals surface area (Å²) >= 11 is 0. The predicted molar refractivity (Wildman–Crippen MR) is 74.4 cm³/mol. The smallest absolute Gasteiger partial charge is 0.254 e. The lowest BCUT2D eigenvalue weighted by Crippen LogP contribution is -2.42. The molecule has 1 fully saturated rings. The molecule has 0 spiro atoms. The Morgan fingerprint density at radius 3 is 2.50 bits per heavy atom. The van der Waals surface area contributed by atoms with E-state index in [9.17, 15) is 4.79 Å². The van der Waals surface area contributed by atoms with Crippen LogP contribution in [0, 0.1) is 18.8 Å². The van der Waals surface area contributed by atoms with Gasteiger partial charge in [-0.25, -0.2) is 0 Å². The Bertz CT molecular complexity index is 446. The van der Waals surface area contributed by atoms with Crippen molar-refractivity contribution < 1.29 is 4.79 Å². The standard InChI is InChI=1S/C15H22N2O/c1-10-6-11(2)9-17(8-10)15(18)14-7-13(16)5-4-12(14)3/h4-5,7,10-11H,6,8-9,16H2,1-3H3. The molecule has 1 aromatic carbocycles. The van der Waals surface area contributed by atoms with Crippen molar-refractivity contribution in [2.45, 2.75) is 27.2 Å². The molecule has 3 heteroatoms. The lowest BCUT2D eigenvalue weighted by atomic mass is 9.91. The molecule has 1 aliphatic heterocycles. The molecular formula is C15H22N2O. The maximum atomic E-state index is 12.5. The molecule has 2 rings (SSSR count). The molecule has 1 heterocycles. The lowest BCUT2D eigenvalue weighted by molar-refractivity contribution is 0.0622. The van der Waals surface area contributed by atoms with Crippen LogP contribution in [-0.2, 0) is 0 Å². The van der Waals surface area contributed by atoms with Crippen molar-refractivity contribution in [1.29, 1.82) is 0 Å². The minimum Gasteiger partial charge on any atom is -0.399 e. The van der Waals surface area contributed by atoms with Gasteiger partial charge in [-0.1, -0.05) is 19.9 Å². The minimum absolute atomic E-state index is 0.123. The fourth-order valence-corrected chi connectivity index (χ4v) is 2.87. The van der Waals surface area contributed by atoms with Crippen LogP contribution in [-0.4, -0.2) is 23.9 Å². The Morgan fingerprint density at radius 1 is 1.28 bits per heavy atom. The number of carbonyl (C=O) groups excluding carboxylic acids is 1. The maximum Gasteiger partial charge on any atom is 0.254 e. The quantitative estimate of drug-likeness (QED) is 0.774. The topological polar surface area (TPSA) is 46.3 Å². The number of aryl methyl sites for hydroxylation is 1. The molecule has 1 aromatic rings. The molecule has 2 N–H and O–H groups in total. The first-order chi connectivity index (χ1) is 8.47. The van der Waals surface area contributed by atoms with Gasteiger partial charge in [-0.2, -0.15) is 0 Å². The van der Waals surface area contributed by atoms with Crippen molar-refractivity contribution in [3.8, 4) is 0 Å². The second-order valence-corrected chi connectivity index (χ2v) is 5.73. The van der Waals surface area contributed by atoms with Gasteiger partial charge in [0.05, 0.1) is 0 Å². The van der Waals surface area contributed by atoms with Crippen LogP contribution < -0.4 is 5.73 Å². The van der Waals surface area contributed by atoms with Gasteiger partial charge in [0.2, 0.25) is 0 Å². The van der Waals surface area contributed by atoms with E-state index in [0.29, 0.717) is 17.5 Å². The number of anilines is 1. The van der Waals surface area contributed by atoms with Gasteiger partial charge in [0.1, 0.15) is 0 Å². The number of hydrogen-bond donors (Lipinski definition) is 1. The van der Waals surface area contributed by atoms with Crippen LogP contribution in [0.25, 0.3) is 0 Å². The van der Waals surface area contributed by atoms with E-state index in [1.807, 2.05) is 24.0 Å². The second kappa shape index (κ2) is 5.01. The number of rotatable bonds is 1. The van der Waals surface area contributed by atoms with Crippen LogP contribution in [0.4, 0.5) is 5.69 Å². The number of hydrogen-bond acceptors (Lipinski definition) is 2. The van der Waals surface area contributed by atoms with E-state index in [2.05, 4.69) is 13.8 Å². The number of nitrogens with zero attached hydrogens (tertiary/aromatic N) is 1. The number of nitrogen functional groups attached to an aromatic ring is 1. The van der Waals surface area contributed by atoms with Crippen molar-refractivity contribution in [3.05, 3.63) is 29.3 Å². The first-order valence-electron chi connectivity index (χ1n) is 6.62. The highest BCUT2D eigenvalue weighted by atomic mass is 16.2. The maximum absolute atomic E-state index is 12.5. The van der Waals surface area contributed by atoms with E-state index in [0.717, 1.165) is 24.2 Å². The van der Waals surface area contributed by atoms with Crippen molar-refractivity contribution in [2.75, 3.05) is 18.8 Å².